The minimum Gasteiger partial charge on any atom is -0.457 e. The summed E-state index contributed by atoms with van der Waals surface area (Å²) in [5.74, 6) is -2.57. The molecule has 0 unspecified atom stereocenters. The van der Waals surface area contributed by atoms with Crippen molar-refractivity contribution >= 4 is 23.0 Å². The van der Waals surface area contributed by atoms with E-state index >= 15 is 0 Å². The number of benzene rings is 1. The number of rotatable bonds is 3. The van der Waals surface area contributed by atoms with Gasteiger partial charge in [0.1, 0.15) is 11.5 Å². The summed E-state index contributed by atoms with van der Waals surface area (Å²) in [5.41, 5.74) is 6.13. The van der Waals surface area contributed by atoms with E-state index in [2.05, 4.69) is 0 Å². The van der Waals surface area contributed by atoms with E-state index in [1.165, 1.54) is 29.5 Å². The number of halogens is 2. The van der Waals surface area contributed by atoms with Crippen molar-refractivity contribution in [2.75, 3.05) is 5.73 Å². The smallest absolute Gasteiger partial charge is 0.348 e. The SMILES string of the molecule is Cc1sc(C(=O)OCc2cccc(F)c2F)cc1N. The molecule has 0 aliphatic carbocycles. The fourth-order valence-electron chi connectivity index (χ4n) is 1.47. The third-order valence-electron chi connectivity index (χ3n) is 2.55. The Balaban J connectivity index is 2.06. The molecule has 1 aromatic carbocycles. The highest BCUT2D eigenvalue weighted by atomic mass is 32.1. The first-order valence-electron chi connectivity index (χ1n) is 5.45. The van der Waals surface area contributed by atoms with Gasteiger partial charge in [-0.25, -0.2) is 13.6 Å². The molecule has 1 aromatic heterocycles. The average molecular weight is 283 g/mol. The van der Waals surface area contributed by atoms with E-state index in [9.17, 15) is 13.6 Å². The Morgan fingerprint density at radius 1 is 1.42 bits per heavy atom. The van der Waals surface area contributed by atoms with Crippen LogP contribution in [-0.2, 0) is 11.3 Å². The molecule has 0 saturated heterocycles. The molecule has 0 aliphatic heterocycles. The highest BCUT2D eigenvalue weighted by Gasteiger charge is 2.14. The lowest BCUT2D eigenvalue weighted by atomic mass is 10.2. The van der Waals surface area contributed by atoms with Gasteiger partial charge < -0.3 is 10.5 Å². The fourth-order valence-corrected chi connectivity index (χ4v) is 2.31. The number of hydrogen-bond donors (Lipinski definition) is 1. The van der Waals surface area contributed by atoms with E-state index in [0.29, 0.717) is 10.6 Å². The highest BCUT2D eigenvalue weighted by Crippen LogP contribution is 2.24. The summed E-state index contributed by atoms with van der Waals surface area (Å²) in [4.78, 5) is 12.8. The predicted octanol–water partition coefficient (Wildman–Crippen LogP) is 3.27. The number of thiophene rings is 1. The highest BCUT2D eigenvalue weighted by molar-refractivity contribution is 7.14. The Morgan fingerprint density at radius 3 is 2.79 bits per heavy atom. The first-order valence-corrected chi connectivity index (χ1v) is 6.26. The van der Waals surface area contributed by atoms with Crippen molar-refractivity contribution in [3.8, 4) is 0 Å². The van der Waals surface area contributed by atoms with Gasteiger partial charge in [0.15, 0.2) is 11.6 Å². The number of esters is 1. The van der Waals surface area contributed by atoms with Crippen molar-refractivity contribution in [2.45, 2.75) is 13.5 Å². The second-order valence-electron chi connectivity index (χ2n) is 3.91. The molecular weight excluding hydrogens is 272 g/mol. The van der Waals surface area contributed by atoms with Crippen molar-refractivity contribution in [3.63, 3.8) is 0 Å². The van der Waals surface area contributed by atoms with Crippen LogP contribution in [0.1, 0.15) is 20.1 Å². The summed E-state index contributed by atoms with van der Waals surface area (Å²) in [7, 11) is 0. The van der Waals surface area contributed by atoms with E-state index in [1.54, 1.807) is 6.92 Å². The zero-order chi connectivity index (χ0) is 14.0. The Hall–Kier alpha value is -1.95. The van der Waals surface area contributed by atoms with Gasteiger partial charge in [-0.05, 0) is 19.1 Å². The van der Waals surface area contributed by atoms with Crippen LogP contribution in [0.4, 0.5) is 14.5 Å². The van der Waals surface area contributed by atoms with Crippen LogP contribution in [0, 0.1) is 18.6 Å². The zero-order valence-electron chi connectivity index (χ0n) is 10.1. The topological polar surface area (TPSA) is 52.3 Å². The van der Waals surface area contributed by atoms with Gasteiger partial charge in [-0.1, -0.05) is 12.1 Å². The molecule has 0 atom stereocenters. The predicted molar refractivity (Wildman–Crippen MR) is 68.9 cm³/mol. The molecule has 0 bridgehead atoms. The van der Waals surface area contributed by atoms with Crippen LogP contribution in [0.5, 0.6) is 0 Å². The quantitative estimate of drug-likeness (QED) is 0.879. The summed E-state index contributed by atoms with van der Waals surface area (Å²) < 4.78 is 31.2. The van der Waals surface area contributed by atoms with Crippen LogP contribution >= 0.6 is 11.3 Å². The summed E-state index contributed by atoms with van der Waals surface area (Å²) in [6.45, 7) is 1.46. The number of carbonyl (C=O) groups excluding carboxylic acids is 1. The second-order valence-corrected chi connectivity index (χ2v) is 5.17. The average Bonchev–Trinajstić information content (AvgIpc) is 2.71. The van der Waals surface area contributed by atoms with Gasteiger partial charge in [-0.3, -0.25) is 0 Å². The minimum atomic E-state index is -1.00. The molecule has 0 amide bonds. The van der Waals surface area contributed by atoms with E-state index in [-0.39, 0.29) is 12.2 Å². The Kier molecular flexibility index (Phi) is 3.80. The Labute approximate surface area is 112 Å². The van der Waals surface area contributed by atoms with Gasteiger partial charge >= 0.3 is 5.97 Å². The number of hydrogen-bond acceptors (Lipinski definition) is 4. The third-order valence-corrected chi connectivity index (χ3v) is 3.59. The molecule has 2 rings (SSSR count). The molecule has 6 heteroatoms. The molecule has 2 aromatic rings. The van der Waals surface area contributed by atoms with E-state index in [1.807, 2.05) is 0 Å². The molecule has 0 aliphatic rings. The van der Waals surface area contributed by atoms with Crippen molar-refractivity contribution in [1.82, 2.24) is 0 Å². The maximum Gasteiger partial charge on any atom is 0.348 e. The zero-order valence-corrected chi connectivity index (χ0v) is 10.9. The van der Waals surface area contributed by atoms with Crippen molar-refractivity contribution < 1.29 is 18.3 Å². The molecule has 19 heavy (non-hydrogen) atoms. The monoisotopic (exact) mass is 283 g/mol. The fraction of sp³-hybridized carbons (Fsp3) is 0.154. The van der Waals surface area contributed by atoms with Crippen LogP contribution < -0.4 is 5.73 Å². The largest absolute Gasteiger partial charge is 0.457 e. The van der Waals surface area contributed by atoms with Gasteiger partial charge in [-0.2, -0.15) is 0 Å². The number of carbonyl (C=O) groups is 1. The van der Waals surface area contributed by atoms with Gasteiger partial charge in [0.05, 0.1) is 0 Å². The van der Waals surface area contributed by atoms with E-state index in [4.69, 9.17) is 10.5 Å². The third kappa shape index (κ3) is 2.90. The Morgan fingerprint density at radius 2 is 2.16 bits per heavy atom. The maximum atomic E-state index is 13.3. The normalized spacial score (nSPS) is 10.5. The van der Waals surface area contributed by atoms with Gasteiger partial charge in [0, 0.05) is 16.1 Å². The molecule has 2 N–H and O–H groups in total. The molecule has 0 radical (unpaired) electrons. The molecule has 0 saturated carbocycles. The lowest BCUT2D eigenvalue weighted by molar-refractivity contribution is 0.0474. The number of aryl methyl sites for hydroxylation is 1. The van der Waals surface area contributed by atoms with E-state index in [0.717, 1.165) is 10.9 Å². The first-order chi connectivity index (χ1) is 8.99. The lowest BCUT2D eigenvalue weighted by Gasteiger charge is -2.05. The molecule has 0 spiro atoms. The second kappa shape index (κ2) is 5.36. The van der Waals surface area contributed by atoms with Crippen LogP contribution in [-0.4, -0.2) is 5.97 Å². The summed E-state index contributed by atoms with van der Waals surface area (Å²) in [6.07, 6.45) is 0. The lowest BCUT2D eigenvalue weighted by Crippen LogP contribution is -2.05. The minimum absolute atomic E-state index is 0.00500. The number of ether oxygens (including phenoxy) is 1. The first kappa shape index (κ1) is 13.5. The van der Waals surface area contributed by atoms with E-state index < -0.39 is 17.6 Å². The molecule has 3 nitrogen and oxygen atoms in total. The van der Waals surface area contributed by atoms with Crippen LogP contribution in [0.2, 0.25) is 0 Å². The van der Waals surface area contributed by atoms with Gasteiger partial charge in [0.25, 0.3) is 0 Å². The summed E-state index contributed by atoms with van der Waals surface area (Å²) in [6, 6.07) is 5.23. The number of nitrogens with two attached hydrogens (primary N) is 1. The summed E-state index contributed by atoms with van der Waals surface area (Å²) in [5, 5.41) is 0. The Bertz CT molecular complexity index is 606. The molecular formula is C13H11F2NO2S. The maximum absolute atomic E-state index is 13.3. The van der Waals surface area contributed by atoms with Crippen molar-refractivity contribution in [3.05, 3.63) is 51.2 Å². The standard InChI is InChI=1S/C13H11F2NO2S/c1-7-10(16)5-11(19-7)13(17)18-6-8-3-2-4-9(14)12(8)15/h2-5H,6,16H2,1H3. The van der Waals surface area contributed by atoms with Gasteiger partial charge in [0.2, 0.25) is 0 Å². The molecule has 100 valence electrons. The number of nitrogen functional groups attached to an aromatic ring is 1. The van der Waals surface area contributed by atoms with Crippen LogP contribution in [0.15, 0.2) is 24.3 Å². The van der Waals surface area contributed by atoms with Gasteiger partial charge in [-0.15, -0.1) is 11.3 Å². The number of anilines is 1. The van der Waals surface area contributed by atoms with Crippen molar-refractivity contribution in [2.24, 2.45) is 0 Å². The van der Waals surface area contributed by atoms with Crippen molar-refractivity contribution in [1.29, 1.82) is 0 Å². The van der Waals surface area contributed by atoms with Crippen LogP contribution in [0.25, 0.3) is 0 Å². The molecule has 0 fully saturated rings. The van der Waals surface area contributed by atoms with Crippen LogP contribution in [0.3, 0.4) is 0 Å². The molecule has 1 heterocycles. The summed E-state index contributed by atoms with van der Waals surface area (Å²) >= 11 is 1.20.